The van der Waals surface area contributed by atoms with E-state index in [0.717, 1.165) is 16.3 Å². The molecule has 0 saturated heterocycles. The predicted molar refractivity (Wildman–Crippen MR) is 83.0 cm³/mol. The number of benzene rings is 1. The van der Waals surface area contributed by atoms with Crippen molar-refractivity contribution in [3.63, 3.8) is 0 Å². The molecule has 1 heterocycles. The first-order chi connectivity index (χ1) is 9.63. The second-order valence-electron chi connectivity index (χ2n) is 4.18. The van der Waals surface area contributed by atoms with Crippen LogP contribution in [-0.4, -0.2) is 17.1 Å². The highest BCUT2D eigenvalue weighted by molar-refractivity contribution is 7.98. The lowest BCUT2D eigenvalue weighted by Crippen LogP contribution is -2.15. The van der Waals surface area contributed by atoms with E-state index in [9.17, 15) is 4.79 Å². The maximum Gasteiger partial charge on any atom is 0.255 e. The zero-order valence-corrected chi connectivity index (χ0v) is 12.1. The number of rotatable bonds is 4. The number of thioether (sulfide) groups is 1. The minimum atomic E-state index is -0.187. The van der Waals surface area contributed by atoms with Gasteiger partial charge in [-0.2, -0.15) is 0 Å². The molecule has 20 heavy (non-hydrogen) atoms. The molecule has 2 rings (SSSR count). The summed E-state index contributed by atoms with van der Waals surface area (Å²) in [6, 6.07) is 11.0. The average molecular weight is 288 g/mol. The molecule has 0 fully saturated rings. The Morgan fingerprint density at radius 3 is 2.75 bits per heavy atom. The summed E-state index contributed by atoms with van der Waals surface area (Å²) in [4.78, 5) is 17.5. The van der Waals surface area contributed by atoms with Crippen molar-refractivity contribution >= 4 is 29.2 Å². The normalized spacial score (nSPS) is 10.2. The first kappa shape index (κ1) is 14.4. The van der Waals surface area contributed by atoms with Crippen LogP contribution < -0.4 is 16.6 Å². The topological polar surface area (TPSA) is 80.0 Å². The van der Waals surface area contributed by atoms with Crippen molar-refractivity contribution in [2.45, 2.75) is 11.8 Å². The summed E-state index contributed by atoms with van der Waals surface area (Å²) in [7, 11) is 0. The Labute approximate surface area is 121 Å². The number of aromatic nitrogens is 1. The van der Waals surface area contributed by atoms with Gasteiger partial charge in [0.2, 0.25) is 0 Å². The van der Waals surface area contributed by atoms with Gasteiger partial charge in [0.15, 0.2) is 0 Å². The molecular weight excluding hydrogens is 272 g/mol. The SMILES string of the molecule is CSc1ccccc1NC(=O)c1cc(C)nc(NN)c1. The van der Waals surface area contributed by atoms with Crippen LogP contribution in [0.3, 0.4) is 0 Å². The van der Waals surface area contributed by atoms with Crippen LogP contribution in [0.4, 0.5) is 11.5 Å². The van der Waals surface area contributed by atoms with Crippen LogP contribution in [0.15, 0.2) is 41.3 Å². The van der Waals surface area contributed by atoms with Gasteiger partial charge >= 0.3 is 0 Å². The number of para-hydroxylation sites is 1. The molecule has 0 radical (unpaired) electrons. The molecular formula is C14H16N4OS. The van der Waals surface area contributed by atoms with E-state index in [1.165, 1.54) is 0 Å². The highest BCUT2D eigenvalue weighted by Gasteiger charge is 2.10. The molecule has 0 saturated carbocycles. The van der Waals surface area contributed by atoms with Crippen molar-refractivity contribution in [1.29, 1.82) is 0 Å². The van der Waals surface area contributed by atoms with Crippen molar-refractivity contribution in [2.75, 3.05) is 17.0 Å². The molecule has 104 valence electrons. The minimum absolute atomic E-state index is 0.187. The number of anilines is 2. The molecule has 6 heteroatoms. The van der Waals surface area contributed by atoms with Crippen LogP contribution in [0.2, 0.25) is 0 Å². The standard InChI is InChI=1S/C14H16N4OS/c1-9-7-10(8-13(16-9)18-15)14(19)17-11-5-3-4-6-12(11)20-2/h3-8H,15H2,1-2H3,(H,16,18)(H,17,19). The molecule has 0 spiro atoms. The summed E-state index contributed by atoms with van der Waals surface area (Å²) in [6.45, 7) is 1.81. The van der Waals surface area contributed by atoms with Gasteiger partial charge < -0.3 is 10.7 Å². The van der Waals surface area contributed by atoms with Gasteiger partial charge in [-0.25, -0.2) is 10.8 Å². The monoisotopic (exact) mass is 288 g/mol. The molecule has 0 atom stereocenters. The second kappa shape index (κ2) is 6.40. The van der Waals surface area contributed by atoms with Crippen LogP contribution >= 0.6 is 11.8 Å². The number of hydrogen-bond acceptors (Lipinski definition) is 5. The zero-order valence-electron chi connectivity index (χ0n) is 11.3. The van der Waals surface area contributed by atoms with Crippen molar-refractivity contribution < 1.29 is 4.79 Å². The number of pyridine rings is 1. The van der Waals surface area contributed by atoms with E-state index in [1.54, 1.807) is 23.9 Å². The number of nitrogens with two attached hydrogens (primary N) is 1. The minimum Gasteiger partial charge on any atom is -0.321 e. The first-order valence-corrected chi connectivity index (χ1v) is 7.26. The molecule has 0 bridgehead atoms. The lowest BCUT2D eigenvalue weighted by molar-refractivity contribution is 0.102. The molecule has 0 unspecified atom stereocenters. The van der Waals surface area contributed by atoms with E-state index in [2.05, 4.69) is 15.7 Å². The fourth-order valence-corrected chi connectivity index (χ4v) is 2.37. The Hall–Kier alpha value is -2.05. The van der Waals surface area contributed by atoms with Crippen LogP contribution in [0, 0.1) is 6.92 Å². The fraction of sp³-hybridized carbons (Fsp3) is 0.143. The van der Waals surface area contributed by atoms with Gasteiger partial charge in [-0.15, -0.1) is 11.8 Å². The highest BCUT2D eigenvalue weighted by atomic mass is 32.2. The van der Waals surface area contributed by atoms with Crippen LogP contribution in [0.5, 0.6) is 0 Å². The van der Waals surface area contributed by atoms with Crippen LogP contribution in [-0.2, 0) is 0 Å². The zero-order chi connectivity index (χ0) is 14.5. The lowest BCUT2D eigenvalue weighted by Gasteiger charge is -2.10. The molecule has 5 nitrogen and oxygen atoms in total. The van der Waals surface area contributed by atoms with Gasteiger partial charge in [-0.3, -0.25) is 4.79 Å². The number of carbonyl (C=O) groups is 1. The molecule has 0 aliphatic rings. The summed E-state index contributed by atoms with van der Waals surface area (Å²) >= 11 is 1.58. The third kappa shape index (κ3) is 3.28. The third-order valence-corrected chi connectivity index (χ3v) is 3.51. The maximum atomic E-state index is 12.3. The van der Waals surface area contributed by atoms with Crippen molar-refractivity contribution in [3.05, 3.63) is 47.7 Å². The van der Waals surface area contributed by atoms with Crippen molar-refractivity contribution in [3.8, 4) is 0 Å². The summed E-state index contributed by atoms with van der Waals surface area (Å²) in [5.41, 5.74) is 4.49. The van der Waals surface area contributed by atoms with Gasteiger partial charge in [0.05, 0.1) is 5.69 Å². The van der Waals surface area contributed by atoms with Gasteiger partial charge in [-0.1, -0.05) is 12.1 Å². The number of amides is 1. The van der Waals surface area contributed by atoms with E-state index < -0.39 is 0 Å². The third-order valence-electron chi connectivity index (χ3n) is 2.72. The molecule has 0 aliphatic carbocycles. The highest BCUT2D eigenvalue weighted by Crippen LogP contribution is 2.25. The predicted octanol–water partition coefficient (Wildman–Crippen LogP) is 2.65. The van der Waals surface area contributed by atoms with E-state index in [4.69, 9.17) is 5.84 Å². The largest absolute Gasteiger partial charge is 0.321 e. The van der Waals surface area contributed by atoms with Crippen molar-refractivity contribution in [2.24, 2.45) is 5.84 Å². The summed E-state index contributed by atoms with van der Waals surface area (Å²) < 4.78 is 0. The summed E-state index contributed by atoms with van der Waals surface area (Å²) in [5.74, 6) is 5.62. The molecule has 0 aliphatic heterocycles. The van der Waals surface area contributed by atoms with E-state index >= 15 is 0 Å². The van der Waals surface area contributed by atoms with E-state index in [-0.39, 0.29) is 5.91 Å². The summed E-state index contributed by atoms with van der Waals surface area (Å²) in [5, 5.41) is 2.90. The number of nitrogens with zero attached hydrogens (tertiary/aromatic N) is 1. The number of hydrazine groups is 1. The van der Waals surface area contributed by atoms with Gasteiger partial charge in [0.1, 0.15) is 5.82 Å². The van der Waals surface area contributed by atoms with E-state index in [1.807, 2.05) is 37.4 Å². The fourth-order valence-electron chi connectivity index (χ4n) is 1.82. The van der Waals surface area contributed by atoms with Crippen LogP contribution in [0.1, 0.15) is 16.1 Å². The Morgan fingerprint density at radius 2 is 2.05 bits per heavy atom. The summed E-state index contributed by atoms with van der Waals surface area (Å²) in [6.07, 6.45) is 1.97. The Balaban J connectivity index is 2.26. The van der Waals surface area contributed by atoms with Crippen molar-refractivity contribution in [1.82, 2.24) is 4.98 Å². The number of nitrogen functional groups attached to an aromatic ring is 1. The van der Waals surface area contributed by atoms with E-state index in [0.29, 0.717) is 11.4 Å². The Kier molecular flexibility index (Phi) is 4.60. The molecule has 4 N–H and O–H groups in total. The van der Waals surface area contributed by atoms with Gasteiger partial charge in [-0.05, 0) is 37.4 Å². The number of carbonyl (C=O) groups excluding carboxylic acids is 1. The van der Waals surface area contributed by atoms with Gasteiger partial charge in [0, 0.05) is 16.2 Å². The van der Waals surface area contributed by atoms with Crippen LogP contribution in [0.25, 0.3) is 0 Å². The smallest absolute Gasteiger partial charge is 0.255 e. The molecule has 2 aromatic rings. The number of nitrogens with one attached hydrogen (secondary N) is 2. The lowest BCUT2D eigenvalue weighted by atomic mass is 10.2. The maximum absolute atomic E-state index is 12.3. The first-order valence-electron chi connectivity index (χ1n) is 6.03. The average Bonchev–Trinajstić information content (AvgIpc) is 2.47. The Morgan fingerprint density at radius 1 is 1.30 bits per heavy atom. The second-order valence-corrected chi connectivity index (χ2v) is 5.03. The molecule has 1 amide bonds. The molecule has 1 aromatic carbocycles. The Bertz CT molecular complexity index is 630. The molecule has 1 aromatic heterocycles. The van der Waals surface area contributed by atoms with Gasteiger partial charge in [0.25, 0.3) is 5.91 Å². The quantitative estimate of drug-likeness (QED) is 0.458. The number of hydrogen-bond donors (Lipinski definition) is 3. The number of aryl methyl sites for hydroxylation is 1.